The molecule has 0 radical (unpaired) electrons. The van der Waals surface area contributed by atoms with E-state index in [1.54, 1.807) is 9.80 Å². The standard InChI is InChI=1S/C53H56N10O6/c1-31-26-35-15-13-32(27-38(35)36-18-20-40-44(29-36)58-48(56-40)46-10-6-24-62(46)50(64)42(8-4-22-54)60-52(66)68-2)12-14-33-16-17-34(31)28-39(33)37-19-21-41-45(30-37)59-49(57-41)47-11-7-25-63(47)51(65)43(9-5-23-55)61-53(67)69-3/h13,15-21,27-31,42-43,46-47H,4-12,14,24-26H2,1-3H3,(H,56,58)(H,57,59)(H,60,66)(H,61,67). The fourth-order valence-electron chi connectivity index (χ4n) is 10.4. The molecule has 69 heavy (non-hydrogen) atoms. The Balaban J connectivity index is 0.950. The van der Waals surface area contributed by atoms with Crippen LogP contribution in [0.1, 0.15) is 110 Å². The first kappa shape index (κ1) is 46.4. The van der Waals surface area contributed by atoms with Gasteiger partial charge in [-0.15, -0.1) is 0 Å². The first-order chi connectivity index (χ1) is 33.5. The summed E-state index contributed by atoms with van der Waals surface area (Å²) < 4.78 is 9.54. The fourth-order valence-corrected chi connectivity index (χ4v) is 10.4. The Labute approximate surface area is 400 Å². The number of aromatic amines is 2. The third-order valence-electron chi connectivity index (χ3n) is 14.1. The number of likely N-dealkylation sites (tertiary alicyclic amines) is 2. The van der Waals surface area contributed by atoms with Gasteiger partial charge >= 0.3 is 12.2 Å². The van der Waals surface area contributed by atoms with E-state index in [1.807, 2.05) is 12.1 Å². The topological polar surface area (TPSA) is 222 Å². The molecule has 2 aromatic heterocycles. The van der Waals surface area contributed by atoms with Gasteiger partial charge in [-0.1, -0.05) is 55.5 Å². The Bertz CT molecular complexity index is 3020. The second-order valence-corrected chi connectivity index (χ2v) is 18.4. The SMILES string of the molecule is COC(=O)NC(CCC#N)C(=O)N1CCCC1c1nc2ccc(-c3cc4ccc3CCc3ccc(c(-c5ccc6nc(C7CCCN7C(=O)C(CCC#N)NC(=O)OC)[nH]c6c5)c3)CC4C)cc2[nH]1. The first-order valence-corrected chi connectivity index (χ1v) is 23.8. The van der Waals surface area contributed by atoms with Gasteiger partial charge in [0, 0.05) is 25.9 Å². The number of ether oxygens (including phenoxy) is 2. The molecule has 2 fully saturated rings. The molecule has 0 spiro atoms. The Morgan fingerprint density at radius 1 is 0.696 bits per heavy atom. The van der Waals surface area contributed by atoms with Crippen LogP contribution in [0, 0.1) is 22.7 Å². The molecular formula is C53H56N10O6. The zero-order valence-corrected chi connectivity index (χ0v) is 39.1. The van der Waals surface area contributed by atoms with Gasteiger partial charge in [-0.05, 0) is 132 Å². The van der Waals surface area contributed by atoms with Gasteiger partial charge < -0.3 is 39.9 Å². The monoisotopic (exact) mass is 928 g/mol. The number of imidazole rings is 2. The minimum absolute atomic E-state index is 0.120. The third-order valence-corrected chi connectivity index (χ3v) is 14.1. The van der Waals surface area contributed by atoms with Gasteiger partial charge in [-0.2, -0.15) is 10.5 Å². The van der Waals surface area contributed by atoms with Crippen molar-refractivity contribution >= 4 is 46.1 Å². The summed E-state index contributed by atoms with van der Waals surface area (Å²) in [6.07, 6.45) is 4.70. The number of rotatable bonds is 12. The first-order valence-electron chi connectivity index (χ1n) is 23.8. The predicted octanol–water partition coefficient (Wildman–Crippen LogP) is 8.60. The Hall–Kier alpha value is -7.72. The maximum absolute atomic E-state index is 13.8. The summed E-state index contributed by atoms with van der Waals surface area (Å²) in [5.74, 6) is 1.08. The molecule has 5 unspecified atom stereocenters. The predicted molar refractivity (Wildman–Crippen MR) is 258 cm³/mol. The lowest BCUT2D eigenvalue weighted by Crippen LogP contribution is -2.48. The number of hydrogen-bond acceptors (Lipinski definition) is 10. The number of aromatic nitrogens is 4. The van der Waals surface area contributed by atoms with Crippen molar-refractivity contribution in [3.05, 3.63) is 107 Å². The second kappa shape index (κ2) is 20.2. The van der Waals surface area contributed by atoms with Crippen LogP contribution in [0.3, 0.4) is 0 Å². The third kappa shape index (κ3) is 9.70. The minimum Gasteiger partial charge on any atom is -0.453 e. The van der Waals surface area contributed by atoms with Gasteiger partial charge in [0.25, 0.3) is 0 Å². The van der Waals surface area contributed by atoms with Crippen LogP contribution < -0.4 is 10.6 Å². The molecule has 0 saturated carbocycles. The number of hydrogen-bond donors (Lipinski definition) is 4. The van der Waals surface area contributed by atoms with Crippen molar-refractivity contribution in [2.45, 2.75) is 108 Å². The Morgan fingerprint density at radius 3 is 1.74 bits per heavy atom. The molecule has 4 N–H and O–H groups in total. The van der Waals surface area contributed by atoms with E-state index in [9.17, 15) is 29.7 Å². The number of aryl methyl sites for hydroxylation is 2. The smallest absolute Gasteiger partial charge is 0.407 e. The highest BCUT2D eigenvalue weighted by Gasteiger charge is 2.38. The van der Waals surface area contributed by atoms with Crippen LogP contribution in [0.2, 0.25) is 0 Å². The largest absolute Gasteiger partial charge is 0.453 e. The summed E-state index contributed by atoms with van der Waals surface area (Å²) in [5, 5.41) is 23.7. The van der Waals surface area contributed by atoms with E-state index in [1.165, 1.54) is 47.6 Å². The molecule has 12 rings (SSSR count). The van der Waals surface area contributed by atoms with E-state index in [0.29, 0.717) is 24.7 Å². The summed E-state index contributed by atoms with van der Waals surface area (Å²) in [6, 6.07) is 28.2. The van der Waals surface area contributed by atoms with Gasteiger partial charge in [0.1, 0.15) is 23.7 Å². The lowest BCUT2D eigenvalue weighted by atomic mass is 9.84. The van der Waals surface area contributed by atoms with E-state index in [2.05, 4.69) is 100 Å². The molecule has 5 atom stereocenters. The Kier molecular flexibility index (Phi) is 13.6. The molecule has 4 amide bonds. The number of H-pyrrole nitrogens is 2. The quantitative estimate of drug-likeness (QED) is 0.0915. The molecule has 16 heteroatoms. The molecule has 4 aromatic carbocycles. The number of benzene rings is 4. The van der Waals surface area contributed by atoms with Crippen molar-refractivity contribution in [1.29, 1.82) is 10.5 Å². The van der Waals surface area contributed by atoms with E-state index >= 15 is 0 Å². The molecule has 4 aliphatic carbocycles. The molecule has 4 heterocycles. The minimum atomic E-state index is -0.871. The zero-order chi connectivity index (χ0) is 48.2. The summed E-state index contributed by atoms with van der Waals surface area (Å²) in [7, 11) is 2.50. The summed E-state index contributed by atoms with van der Waals surface area (Å²) in [6.45, 7) is 3.32. The van der Waals surface area contributed by atoms with Crippen molar-refractivity contribution in [2.24, 2.45) is 0 Å². The van der Waals surface area contributed by atoms with Crippen LogP contribution in [0.25, 0.3) is 44.3 Å². The van der Waals surface area contributed by atoms with Crippen LogP contribution in [0.15, 0.2) is 72.8 Å². The molecule has 4 bridgehead atoms. The van der Waals surface area contributed by atoms with Crippen LogP contribution in [-0.2, 0) is 38.3 Å². The van der Waals surface area contributed by atoms with E-state index in [-0.39, 0.29) is 55.5 Å². The van der Waals surface area contributed by atoms with Crippen molar-refractivity contribution in [3.63, 3.8) is 0 Å². The number of nitrogens with one attached hydrogen (secondary N) is 4. The number of fused-ring (bicyclic) bond motifs is 2. The average Bonchev–Trinajstić information content (AvgIpc) is 4.21. The lowest BCUT2D eigenvalue weighted by Gasteiger charge is -2.27. The highest BCUT2D eigenvalue weighted by molar-refractivity contribution is 5.88. The lowest BCUT2D eigenvalue weighted by molar-refractivity contribution is -0.135. The summed E-state index contributed by atoms with van der Waals surface area (Å²) >= 11 is 0. The normalized spacial score (nSPS) is 18.5. The van der Waals surface area contributed by atoms with Crippen molar-refractivity contribution in [3.8, 4) is 34.4 Å². The van der Waals surface area contributed by atoms with Crippen LogP contribution in [0.4, 0.5) is 9.59 Å². The molecule has 354 valence electrons. The van der Waals surface area contributed by atoms with Crippen molar-refractivity contribution in [2.75, 3.05) is 27.3 Å². The van der Waals surface area contributed by atoms with E-state index < -0.39 is 24.3 Å². The van der Waals surface area contributed by atoms with Crippen molar-refractivity contribution in [1.82, 2.24) is 40.4 Å². The number of carbonyl (C=O) groups is 4. The van der Waals surface area contributed by atoms with E-state index in [0.717, 1.165) is 78.1 Å². The molecular weight excluding hydrogens is 873 g/mol. The van der Waals surface area contributed by atoms with Crippen LogP contribution in [-0.4, -0.2) is 93.1 Å². The fraction of sp³-hybridized carbons (Fsp3) is 0.396. The van der Waals surface area contributed by atoms with Gasteiger partial charge in [0.15, 0.2) is 0 Å². The average molecular weight is 929 g/mol. The molecule has 16 nitrogen and oxygen atoms in total. The van der Waals surface area contributed by atoms with Crippen molar-refractivity contribution < 1.29 is 28.7 Å². The number of nitriles is 2. The zero-order valence-electron chi connectivity index (χ0n) is 39.1. The second-order valence-electron chi connectivity index (χ2n) is 18.4. The molecule has 6 aromatic rings. The van der Waals surface area contributed by atoms with Gasteiger partial charge in [0.2, 0.25) is 11.8 Å². The van der Waals surface area contributed by atoms with Gasteiger partial charge in [0.05, 0.1) is 60.5 Å². The summed E-state index contributed by atoms with van der Waals surface area (Å²) in [4.78, 5) is 72.3. The number of amides is 4. The summed E-state index contributed by atoms with van der Waals surface area (Å²) in [5.41, 5.74) is 12.9. The maximum atomic E-state index is 13.8. The molecule has 2 saturated heterocycles. The molecule has 6 aliphatic rings. The van der Waals surface area contributed by atoms with Gasteiger partial charge in [-0.3, -0.25) is 9.59 Å². The number of carbonyl (C=O) groups excluding carboxylic acids is 4. The Morgan fingerprint density at radius 2 is 1.22 bits per heavy atom. The number of alkyl carbamates (subject to hydrolysis) is 2. The maximum Gasteiger partial charge on any atom is 0.407 e. The van der Waals surface area contributed by atoms with Crippen LogP contribution in [0.5, 0.6) is 0 Å². The van der Waals surface area contributed by atoms with Gasteiger partial charge in [-0.25, -0.2) is 19.6 Å². The molecule has 2 aliphatic heterocycles. The van der Waals surface area contributed by atoms with Crippen LogP contribution >= 0.6 is 0 Å². The number of methoxy groups -OCH3 is 2. The van der Waals surface area contributed by atoms with E-state index in [4.69, 9.17) is 19.4 Å². The number of nitrogens with zero attached hydrogens (tertiary/aromatic N) is 6. The highest BCUT2D eigenvalue weighted by atomic mass is 16.5. The highest BCUT2D eigenvalue weighted by Crippen LogP contribution is 2.39.